The van der Waals surface area contributed by atoms with E-state index in [1.807, 2.05) is 23.7 Å². The highest BCUT2D eigenvalue weighted by atomic mass is 32.1. The molecular weight excluding hydrogens is 246 g/mol. The second-order valence-electron chi connectivity index (χ2n) is 4.00. The van der Waals surface area contributed by atoms with Crippen molar-refractivity contribution in [1.29, 1.82) is 0 Å². The molecule has 0 saturated heterocycles. The monoisotopic (exact) mass is 259 g/mol. The fraction of sp³-hybridized carbons (Fsp3) is 0.250. The maximum absolute atomic E-state index is 4.43. The van der Waals surface area contributed by atoms with Gasteiger partial charge in [0.2, 0.25) is 0 Å². The number of nitrogens with zero attached hydrogens (tertiary/aromatic N) is 4. The summed E-state index contributed by atoms with van der Waals surface area (Å²) >= 11 is 1.70. The van der Waals surface area contributed by atoms with Crippen LogP contribution in [-0.4, -0.2) is 26.1 Å². The average Bonchev–Trinajstić information content (AvgIpc) is 2.98. The van der Waals surface area contributed by atoms with Crippen LogP contribution < -0.4 is 5.32 Å². The zero-order valence-corrected chi connectivity index (χ0v) is 10.8. The average molecular weight is 259 g/mol. The molecule has 3 aromatic heterocycles. The number of rotatable bonds is 4. The van der Waals surface area contributed by atoms with E-state index in [0.29, 0.717) is 0 Å². The van der Waals surface area contributed by atoms with Gasteiger partial charge >= 0.3 is 0 Å². The number of hydrogen-bond donors (Lipinski definition) is 1. The first-order valence-electron chi connectivity index (χ1n) is 5.76. The molecule has 18 heavy (non-hydrogen) atoms. The molecule has 0 unspecified atom stereocenters. The maximum Gasteiger partial charge on any atom is 0.152 e. The molecule has 0 saturated carbocycles. The molecule has 0 fully saturated rings. The highest BCUT2D eigenvalue weighted by molar-refractivity contribution is 7.09. The topological polar surface area (TPSA) is 55.1 Å². The van der Waals surface area contributed by atoms with E-state index in [9.17, 15) is 0 Å². The van der Waals surface area contributed by atoms with Gasteiger partial charge in [-0.3, -0.25) is 0 Å². The lowest BCUT2D eigenvalue weighted by atomic mass is 10.4. The number of aromatic nitrogens is 4. The zero-order valence-electron chi connectivity index (χ0n) is 10.00. The molecule has 0 spiro atoms. The van der Waals surface area contributed by atoms with Crippen molar-refractivity contribution >= 4 is 22.7 Å². The van der Waals surface area contributed by atoms with E-state index in [1.165, 1.54) is 0 Å². The predicted octanol–water partition coefficient (Wildman–Crippen LogP) is 2.15. The van der Waals surface area contributed by atoms with Crippen molar-refractivity contribution in [2.45, 2.75) is 13.3 Å². The molecule has 3 aromatic rings. The molecule has 0 bridgehead atoms. The Bertz CT molecular complexity index is 657. The minimum Gasteiger partial charge on any atom is -0.368 e. The van der Waals surface area contributed by atoms with Crippen LogP contribution in [0.4, 0.5) is 5.82 Å². The number of anilines is 1. The minimum atomic E-state index is 0.824. The van der Waals surface area contributed by atoms with Crippen LogP contribution in [-0.2, 0) is 6.42 Å². The van der Waals surface area contributed by atoms with E-state index in [0.717, 1.165) is 35.0 Å². The lowest BCUT2D eigenvalue weighted by Crippen LogP contribution is -2.07. The number of nitrogens with one attached hydrogen (secondary N) is 1. The molecule has 3 rings (SSSR count). The van der Waals surface area contributed by atoms with Crippen molar-refractivity contribution in [1.82, 2.24) is 19.6 Å². The highest BCUT2D eigenvalue weighted by Gasteiger charge is 2.03. The normalized spacial score (nSPS) is 10.9. The molecule has 0 aliphatic rings. The van der Waals surface area contributed by atoms with Crippen molar-refractivity contribution in [3.63, 3.8) is 0 Å². The summed E-state index contributed by atoms with van der Waals surface area (Å²) in [6.07, 6.45) is 6.27. The molecule has 0 aromatic carbocycles. The summed E-state index contributed by atoms with van der Waals surface area (Å²) in [6.45, 7) is 2.84. The first-order chi connectivity index (χ1) is 8.83. The fourth-order valence-electron chi connectivity index (χ4n) is 1.80. The Hall–Kier alpha value is -1.95. The standard InChI is InChI=1S/C12H13N5S/c1-9-8-18-11(16-9)3-4-13-12-10-2-5-15-17(10)7-6-14-12/h2,5-8H,3-4H2,1H3,(H,13,14). The third-order valence-electron chi connectivity index (χ3n) is 2.62. The fourth-order valence-corrected chi connectivity index (χ4v) is 2.58. The van der Waals surface area contributed by atoms with Crippen LogP contribution in [0.25, 0.3) is 5.52 Å². The predicted molar refractivity (Wildman–Crippen MR) is 72.0 cm³/mol. The Morgan fingerprint density at radius 1 is 1.39 bits per heavy atom. The Morgan fingerprint density at radius 3 is 3.17 bits per heavy atom. The molecule has 0 aliphatic heterocycles. The Balaban J connectivity index is 1.68. The minimum absolute atomic E-state index is 0.824. The van der Waals surface area contributed by atoms with Gasteiger partial charge in [-0.25, -0.2) is 14.5 Å². The summed E-state index contributed by atoms with van der Waals surface area (Å²) in [6, 6.07) is 1.95. The molecule has 5 nitrogen and oxygen atoms in total. The maximum atomic E-state index is 4.43. The van der Waals surface area contributed by atoms with Crippen LogP contribution in [0.5, 0.6) is 0 Å². The largest absolute Gasteiger partial charge is 0.368 e. The van der Waals surface area contributed by atoms with Crippen molar-refractivity contribution < 1.29 is 0 Å². The number of hydrogen-bond acceptors (Lipinski definition) is 5. The molecule has 92 valence electrons. The third-order valence-corrected chi connectivity index (χ3v) is 3.65. The van der Waals surface area contributed by atoms with Gasteiger partial charge in [0.15, 0.2) is 5.82 Å². The van der Waals surface area contributed by atoms with Crippen molar-refractivity contribution in [3.8, 4) is 0 Å². The lowest BCUT2D eigenvalue weighted by Gasteiger charge is -2.05. The molecule has 0 radical (unpaired) electrons. The lowest BCUT2D eigenvalue weighted by molar-refractivity contribution is 0.933. The second-order valence-corrected chi connectivity index (χ2v) is 4.94. The zero-order chi connectivity index (χ0) is 12.4. The highest BCUT2D eigenvalue weighted by Crippen LogP contribution is 2.13. The number of fused-ring (bicyclic) bond motifs is 1. The van der Waals surface area contributed by atoms with Gasteiger partial charge in [0.25, 0.3) is 0 Å². The Kier molecular flexibility index (Phi) is 2.93. The Morgan fingerprint density at radius 2 is 2.33 bits per heavy atom. The van der Waals surface area contributed by atoms with E-state index in [4.69, 9.17) is 0 Å². The van der Waals surface area contributed by atoms with Crippen LogP contribution in [0.3, 0.4) is 0 Å². The molecule has 1 N–H and O–H groups in total. The molecule has 6 heteroatoms. The van der Waals surface area contributed by atoms with Gasteiger partial charge in [-0.1, -0.05) is 0 Å². The van der Waals surface area contributed by atoms with Gasteiger partial charge in [-0.15, -0.1) is 11.3 Å². The Labute approximate surface area is 109 Å². The van der Waals surface area contributed by atoms with Gasteiger partial charge < -0.3 is 5.32 Å². The second kappa shape index (κ2) is 4.73. The van der Waals surface area contributed by atoms with Gasteiger partial charge in [0, 0.05) is 36.4 Å². The molecular formula is C12H13N5S. The molecule has 0 aliphatic carbocycles. The van der Waals surface area contributed by atoms with E-state index >= 15 is 0 Å². The number of aryl methyl sites for hydroxylation is 1. The van der Waals surface area contributed by atoms with Crippen molar-refractivity contribution in [2.75, 3.05) is 11.9 Å². The summed E-state index contributed by atoms with van der Waals surface area (Å²) in [5.41, 5.74) is 2.08. The quantitative estimate of drug-likeness (QED) is 0.780. The summed E-state index contributed by atoms with van der Waals surface area (Å²) < 4.78 is 1.81. The SMILES string of the molecule is Cc1csc(CCNc2nccn3nccc23)n1. The van der Waals surface area contributed by atoms with Crippen molar-refractivity contribution in [2.24, 2.45) is 0 Å². The summed E-state index contributed by atoms with van der Waals surface area (Å²) in [5, 5.41) is 10.7. The van der Waals surface area contributed by atoms with Crippen LogP contribution in [0.15, 0.2) is 30.0 Å². The smallest absolute Gasteiger partial charge is 0.152 e. The van der Waals surface area contributed by atoms with Crippen LogP contribution in [0.1, 0.15) is 10.7 Å². The van der Waals surface area contributed by atoms with Gasteiger partial charge in [0.05, 0.1) is 11.2 Å². The van der Waals surface area contributed by atoms with Crippen LogP contribution in [0, 0.1) is 6.92 Å². The van der Waals surface area contributed by atoms with Crippen LogP contribution >= 0.6 is 11.3 Å². The summed E-state index contributed by atoms with van der Waals surface area (Å²) in [5.74, 6) is 0.864. The van der Waals surface area contributed by atoms with Crippen molar-refractivity contribution in [3.05, 3.63) is 40.7 Å². The van der Waals surface area contributed by atoms with E-state index in [1.54, 1.807) is 23.7 Å². The molecule has 0 amide bonds. The van der Waals surface area contributed by atoms with Crippen LogP contribution in [0.2, 0.25) is 0 Å². The van der Waals surface area contributed by atoms with Gasteiger partial charge in [0.1, 0.15) is 5.52 Å². The summed E-state index contributed by atoms with van der Waals surface area (Å²) in [7, 11) is 0. The van der Waals surface area contributed by atoms with E-state index in [-0.39, 0.29) is 0 Å². The molecule has 3 heterocycles. The van der Waals surface area contributed by atoms with E-state index in [2.05, 4.69) is 25.8 Å². The first-order valence-corrected chi connectivity index (χ1v) is 6.64. The van der Waals surface area contributed by atoms with Gasteiger partial charge in [-0.05, 0) is 13.0 Å². The third kappa shape index (κ3) is 2.19. The van der Waals surface area contributed by atoms with E-state index < -0.39 is 0 Å². The molecule has 0 atom stereocenters. The van der Waals surface area contributed by atoms with Gasteiger partial charge in [-0.2, -0.15) is 5.10 Å². The number of thiazole rings is 1. The summed E-state index contributed by atoms with van der Waals surface area (Å²) in [4.78, 5) is 8.76. The first kappa shape index (κ1) is 11.2.